The number of hydrogen-bond acceptors (Lipinski definition) is 6. The number of rotatable bonds is 7. The summed E-state index contributed by atoms with van der Waals surface area (Å²) in [4.78, 5) is 19.9. The quantitative estimate of drug-likeness (QED) is 0.462. The molecular formula is C11H17N5O2S. The van der Waals surface area contributed by atoms with Crippen LogP contribution in [0.4, 0.5) is 5.95 Å². The number of aromatic nitrogens is 2. The summed E-state index contributed by atoms with van der Waals surface area (Å²) in [6.45, 7) is 2.80. The Morgan fingerprint density at radius 1 is 1.53 bits per heavy atom. The van der Waals surface area contributed by atoms with Gasteiger partial charge in [-0.15, -0.1) is 0 Å². The van der Waals surface area contributed by atoms with E-state index in [0.29, 0.717) is 24.8 Å². The van der Waals surface area contributed by atoms with Crippen LogP contribution >= 0.6 is 12.2 Å². The molecule has 0 aliphatic carbocycles. The molecular weight excluding hydrogens is 266 g/mol. The molecule has 1 rings (SSSR count). The molecule has 0 aliphatic heterocycles. The highest BCUT2D eigenvalue weighted by molar-refractivity contribution is 7.80. The zero-order valence-corrected chi connectivity index (χ0v) is 11.7. The van der Waals surface area contributed by atoms with Crippen molar-refractivity contribution in [3.63, 3.8) is 0 Å². The van der Waals surface area contributed by atoms with Crippen molar-refractivity contribution in [3.8, 4) is 0 Å². The van der Waals surface area contributed by atoms with E-state index in [0.717, 1.165) is 5.69 Å². The number of nitrogens with zero attached hydrogens (tertiary/aromatic N) is 2. The van der Waals surface area contributed by atoms with Crippen LogP contribution in [0.15, 0.2) is 6.07 Å². The molecule has 1 aromatic rings. The van der Waals surface area contributed by atoms with Gasteiger partial charge in [0.25, 0.3) is 0 Å². The zero-order valence-electron chi connectivity index (χ0n) is 10.9. The van der Waals surface area contributed by atoms with E-state index in [1.807, 2.05) is 0 Å². The lowest BCUT2D eigenvalue weighted by Gasteiger charge is -2.08. The molecule has 8 heteroatoms. The van der Waals surface area contributed by atoms with Crippen LogP contribution in [-0.2, 0) is 9.53 Å². The minimum Gasteiger partial charge on any atom is -0.388 e. The smallest absolute Gasteiger partial charge is 0.239 e. The highest BCUT2D eigenvalue weighted by atomic mass is 32.1. The maximum absolute atomic E-state index is 11.5. The highest BCUT2D eigenvalue weighted by Gasteiger charge is 2.06. The van der Waals surface area contributed by atoms with Crippen molar-refractivity contribution >= 4 is 29.1 Å². The van der Waals surface area contributed by atoms with E-state index in [-0.39, 0.29) is 17.4 Å². The van der Waals surface area contributed by atoms with Crippen molar-refractivity contribution in [2.24, 2.45) is 5.73 Å². The van der Waals surface area contributed by atoms with Crippen LogP contribution in [-0.4, -0.2) is 47.7 Å². The van der Waals surface area contributed by atoms with E-state index in [1.165, 1.54) is 0 Å². The van der Waals surface area contributed by atoms with Crippen molar-refractivity contribution in [1.82, 2.24) is 15.3 Å². The molecule has 7 nitrogen and oxygen atoms in total. The van der Waals surface area contributed by atoms with Gasteiger partial charge in [-0.1, -0.05) is 12.2 Å². The summed E-state index contributed by atoms with van der Waals surface area (Å²) in [5.41, 5.74) is 6.71. The number of nitrogens with two attached hydrogens (primary N) is 1. The number of thiocarbonyl (C=S) groups is 1. The largest absolute Gasteiger partial charge is 0.388 e. The lowest BCUT2D eigenvalue weighted by atomic mass is 10.3. The Hall–Kier alpha value is -1.80. The van der Waals surface area contributed by atoms with Crippen molar-refractivity contribution in [1.29, 1.82) is 0 Å². The predicted molar refractivity (Wildman–Crippen MR) is 76.0 cm³/mol. The molecule has 19 heavy (non-hydrogen) atoms. The van der Waals surface area contributed by atoms with Crippen LogP contribution in [0, 0.1) is 6.92 Å². The first-order chi connectivity index (χ1) is 9.02. The topological polar surface area (TPSA) is 102 Å². The molecule has 0 spiro atoms. The molecule has 0 saturated carbocycles. The maximum atomic E-state index is 11.5. The van der Waals surface area contributed by atoms with E-state index in [1.54, 1.807) is 20.1 Å². The summed E-state index contributed by atoms with van der Waals surface area (Å²) in [6.07, 6.45) is 0. The summed E-state index contributed by atoms with van der Waals surface area (Å²) < 4.78 is 4.82. The standard InChI is InChI=1S/C11H17N5O2S/c1-7-5-8(10(12)19)16-11(15-7)14-6-9(17)13-3-4-18-2/h5H,3-4,6H2,1-2H3,(H2,12,19)(H,13,17)(H,14,15,16). The van der Waals surface area contributed by atoms with Crippen molar-refractivity contribution in [3.05, 3.63) is 17.5 Å². The third-order valence-electron chi connectivity index (χ3n) is 2.14. The summed E-state index contributed by atoms with van der Waals surface area (Å²) in [5, 5.41) is 5.49. The van der Waals surface area contributed by atoms with Crippen molar-refractivity contribution in [2.75, 3.05) is 32.1 Å². The van der Waals surface area contributed by atoms with Crippen molar-refractivity contribution in [2.45, 2.75) is 6.92 Å². The Kier molecular flexibility index (Phi) is 6.10. The van der Waals surface area contributed by atoms with Gasteiger partial charge in [-0.05, 0) is 13.0 Å². The van der Waals surface area contributed by atoms with Crippen LogP contribution in [0.1, 0.15) is 11.4 Å². The molecule has 104 valence electrons. The molecule has 0 unspecified atom stereocenters. The average Bonchev–Trinajstić information content (AvgIpc) is 2.36. The minimum atomic E-state index is -0.168. The molecule has 0 bridgehead atoms. The fraction of sp³-hybridized carbons (Fsp3) is 0.455. The Morgan fingerprint density at radius 2 is 2.26 bits per heavy atom. The lowest BCUT2D eigenvalue weighted by molar-refractivity contribution is -0.119. The number of methoxy groups -OCH3 is 1. The SMILES string of the molecule is COCCNC(=O)CNc1nc(C)cc(C(N)=S)n1. The second-order valence-corrected chi connectivity index (χ2v) is 4.22. The van der Waals surface area contributed by atoms with E-state index in [9.17, 15) is 4.79 Å². The Bertz CT molecular complexity index is 466. The van der Waals surface area contributed by atoms with E-state index in [4.69, 9.17) is 22.7 Å². The fourth-order valence-corrected chi connectivity index (χ4v) is 1.39. The van der Waals surface area contributed by atoms with Crippen LogP contribution in [0.3, 0.4) is 0 Å². The summed E-state index contributed by atoms with van der Waals surface area (Å²) in [5.74, 6) is 0.156. The molecule has 0 fully saturated rings. The number of ether oxygens (including phenoxy) is 1. The number of carbonyl (C=O) groups excluding carboxylic acids is 1. The Morgan fingerprint density at radius 3 is 2.89 bits per heavy atom. The second kappa shape index (κ2) is 7.59. The van der Waals surface area contributed by atoms with Crippen LogP contribution in [0.5, 0.6) is 0 Å². The normalized spacial score (nSPS) is 10.0. The number of amides is 1. The Labute approximate surface area is 116 Å². The van der Waals surface area contributed by atoms with E-state index in [2.05, 4.69) is 20.6 Å². The first-order valence-corrected chi connectivity index (χ1v) is 6.08. The Balaban J connectivity index is 2.53. The summed E-state index contributed by atoms with van der Waals surface area (Å²) in [6, 6.07) is 1.69. The van der Waals surface area contributed by atoms with Gasteiger partial charge in [0.2, 0.25) is 11.9 Å². The van der Waals surface area contributed by atoms with Gasteiger partial charge in [0, 0.05) is 19.3 Å². The minimum absolute atomic E-state index is 0.0734. The summed E-state index contributed by atoms with van der Waals surface area (Å²) in [7, 11) is 1.57. The second-order valence-electron chi connectivity index (χ2n) is 3.78. The molecule has 1 aromatic heterocycles. The first kappa shape index (κ1) is 15.3. The molecule has 0 aromatic carbocycles. The molecule has 1 amide bonds. The van der Waals surface area contributed by atoms with Crippen LogP contribution < -0.4 is 16.4 Å². The van der Waals surface area contributed by atoms with Crippen LogP contribution in [0.25, 0.3) is 0 Å². The third-order valence-corrected chi connectivity index (χ3v) is 2.35. The number of nitrogens with one attached hydrogen (secondary N) is 2. The third kappa shape index (κ3) is 5.58. The van der Waals surface area contributed by atoms with Crippen LogP contribution in [0.2, 0.25) is 0 Å². The fourth-order valence-electron chi connectivity index (χ4n) is 1.29. The molecule has 0 radical (unpaired) electrons. The monoisotopic (exact) mass is 283 g/mol. The lowest BCUT2D eigenvalue weighted by Crippen LogP contribution is -2.32. The van der Waals surface area contributed by atoms with E-state index >= 15 is 0 Å². The molecule has 4 N–H and O–H groups in total. The maximum Gasteiger partial charge on any atom is 0.239 e. The first-order valence-electron chi connectivity index (χ1n) is 5.68. The predicted octanol–water partition coefficient (Wildman–Crippen LogP) is -0.406. The van der Waals surface area contributed by atoms with Gasteiger partial charge >= 0.3 is 0 Å². The summed E-state index contributed by atoms with van der Waals surface area (Å²) >= 11 is 4.85. The number of carbonyl (C=O) groups is 1. The average molecular weight is 283 g/mol. The van der Waals surface area contributed by atoms with Gasteiger partial charge in [-0.3, -0.25) is 4.79 Å². The van der Waals surface area contributed by atoms with E-state index < -0.39 is 0 Å². The van der Waals surface area contributed by atoms with Gasteiger partial charge in [0.15, 0.2) is 0 Å². The molecule has 0 aliphatic rings. The molecule has 0 atom stereocenters. The van der Waals surface area contributed by atoms with Crippen molar-refractivity contribution < 1.29 is 9.53 Å². The zero-order chi connectivity index (χ0) is 14.3. The van der Waals surface area contributed by atoms with Gasteiger partial charge in [0.1, 0.15) is 10.7 Å². The number of hydrogen-bond donors (Lipinski definition) is 3. The number of anilines is 1. The van der Waals surface area contributed by atoms with Gasteiger partial charge in [-0.2, -0.15) is 0 Å². The van der Waals surface area contributed by atoms with Gasteiger partial charge in [0.05, 0.1) is 13.2 Å². The molecule has 1 heterocycles. The van der Waals surface area contributed by atoms with Gasteiger partial charge < -0.3 is 21.1 Å². The highest BCUT2D eigenvalue weighted by Crippen LogP contribution is 2.04. The van der Waals surface area contributed by atoms with Gasteiger partial charge in [-0.25, -0.2) is 9.97 Å². The number of aryl methyl sites for hydroxylation is 1. The molecule has 0 saturated heterocycles.